The third-order valence-electron chi connectivity index (χ3n) is 4.94. The maximum atomic E-state index is 13.9. The number of para-hydroxylation sites is 1. The SMILES string of the molecule is C=CC(=O)N1CCCC(C(=O)N2CCOc3ccccc3C2C(F)F)C1. The number of amides is 2. The highest BCUT2D eigenvalue weighted by molar-refractivity contribution is 5.88. The number of benzene rings is 1. The van der Waals surface area contributed by atoms with Crippen LogP contribution < -0.4 is 4.74 Å². The van der Waals surface area contributed by atoms with Crippen molar-refractivity contribution in [1.29, 1.82) is 0 Å². The third kappa shape index (κ3) is 3.57. The molecule has 2 atom stereocenters. The maximum absolute atomic E-state index is 13.9. The van der Waals surface area contributed by atoms with Gasteiger partial charge >= 0.3 is 0 Å². The van der Waals surface area contributed by atoms with Crippen molar-refractivity contribution in [3.63, 3.8) is 0 Å². The summed E-state index contributed by atoms with van der Waals surface area (Å²) in [5.41, 5.74) is 0.322. The highest BCUT2D eigenvalue weighted by atomic mass is 19.3. The van der Waals surface area contributed by atoms with Crippen LogP contribution in [0.1, 0.15) is 24.4 Å². The van der Waals surface area contributed by atoms with Gasteiger partial charge in [0.1, 0.15) is 18.4 Å². The molecule has 0 aliphatic carbocycles. The van der Waals surface area contributed by atoms with Crippen molar-refractivity contribution in [2.45, 2.75) is 25.3 Å². The van der Waals surface area contributed by atoms with Gasteiger partial charge in [-0.2, -0.15) is 0 Å². The molecule has 0 radical (unpaired) electrons. The first kappa shape index (κ1) is 18.4. The average molecular weight is 364 g/mol. The van der Waals surface area contributed by atoms with Crippen LogP contribution in [0.4, 0.5) is 8.78 Å². The number of carbonyl (C=O) groups excluding carboxylic acids is 2. The Morgan fingerprint density at radius 2 is 2.04 bits per heavy atom. The van der Waals surface area contributed by atoms with Crippen molar-refractivity contribution < 1.29 is 23.1 Å². The maximum Gasteiger partial charge on any atom is 0.262 e. The monoisotopic (exact) mass is 364 g/mol. The Balaban J connectivity index is 1.85. The normalized spacial score (nSPS) is 23.0. The van der Waals surface area contributed by atoms with Gasteiger partial charge in [0.15, 0.2) is 0 Å². The first-order valence-corrected chi connectivity index (χ1v) is 8.74. The summed E-state index contributed by atoms with van der Waals surface area (Å²) in [5.74, 6) is -0.686. The second kappa shape index (κ2) is 7.85. The van der Waals surface area contributed by atoms with E-state index >= 15 is 0 Å². The summed E-state index contributed by atoms with van der Waals surface area (Å²) in [5, 5.41) is 0. The zero-order valence-corrected chi connectivity index (χ0v) is 14.4. The minimum Gasteiger partial charge on any atom is -0.491 e. The number of nitrogens with zero attached hydrogens (tertiary/aromatic N) is 2. The number of halogens is 2. The number of hydrogen-bond acceptors (Lipinski definition) is 3. The van der Waals surface area contributed by atoms with Crippen LogP contribution in [0, 0.1) is 5.92 Å². The highest BCUT2D eigenvalue weighted by Gasteiger charge is 2.40. The number of likely N-dealkylation sites (tertiary alicyclic amines) is 1. The fraction of sp³-hybridized carbons (Fsp3) is 0.474. The van der Waals surface area contributed by atoms with Crippen molar-refractivity contribution >= 4 is 11.8 Å². The van der Waals surface area contributed by atoms with Crippen LogP contribution in [0.25, 0.3) is 0 Å². The molecule has 1 aromatic rings. The third-order valence-corrected chi connectivity index (χ3v) is 4.94. The van der Waals surface area contributed by atoms with Crippen molar-refractivity contribution in [2.24, 2.45) is 5.92 Å². The minimum absolute atomic E-state index is 0.0917. The fourth-order valence-electron chi connectivity index (χ4n) is 3.68. The van der Waals surface area contributed by atoms with Gasteiger partial charge < -0.3 is 14.5 Å². The number of piperidine rings is 1. The molecule has 0 saturated carbocycles. The van der Waals surface area contributed by atoms with Crippen LogP contribution in [0.15, 0.2) is 36.9 Å². The molecule has 2 aliphatic rings. The predicted molar refractivity (Wildman–Crippen MR) is 91.9 cm³/mol. The molecular formula is C19H22F2N2O3. The molecule has 0 aromatic heterocycles. The van der Waals surface area contributed by atoms with E-state index in [0.29, 0.717) is 30.7 Å². The van der Waals surface area contributed by atoms with E-state index in [1.165, 1.54) is 11.0 Å². The minimum atomic E-state index is -2.73. The zero-order chi connectivity index (χ0) is 18.7. The molecule has 2 unspecified atom stereocenters. The zero-order valence-electron chi connectivity index (χ0n) is 14.4. The van der Waals surface area contributed by atoms with E-state index in [4.69, 9.17) is 4.74 Å². The fourth-order valence-corrected chi connectivity index (χ4v) is 3.68. The van der Waals surface area contributed by atoms with E-state index in [9.17, 15) is 18.4 Å². The Labute approximate surface area is 151 Å². The van der Waals surface area contributed by atoms with Crippen LogP contribution in [0.3, 0.4) is 0 Å². The van der Waals surface area contributed by atoms with Gasteiger partial charge in [0.05, 0.1) is 12.5 Å². The standard InChI is InChI=1S/C19H22F2N2O3/c1-2-16(24)22-9-5-6-13(12-22)19(25)23-10-11-26-15-8-4-3-7-14(15)17(23)18(20)21/h2-4,7-8,13,17-18H,1,5-6,9-12H2. The molecule has 3 rings (SSSR count). The Hall–Kier alpha value is -2.44. The van der Waals surface area contributed by atoms with E-state index in [-0.39, 0.29) is 31.5 Å². The van der Waals surface area contributed by atoms with Gasteiger partial charge in [-0.05, 0) is 25.0 Å². The molecule has 0 bridgehead atoms. The van der Waals surface area contributed by atoms with E-state index in [0.717, 1.165) is 0 Å². The van der Waals surface area contributed by atoms with E-state index in [2.05, 4.69) is 6.58 Å². The van der Waals surface area contributed by atoms with Crippen molar-refractivity contribution in [1.82, 2.24) is 9.80 Å². The van der Waals surface area contributed by atoms with Crippen LogP contribution >= 0.6 is 0 Å². The molecule has 140 valence electrons. The second-order valence-corrected chi connectivity index (χ2v) is 6.52. The summed E-state index contributed by atoms with van der Waals surface area (Å²) in [6, 6.07) is 5.26. The van der Waals surface area contributed by atoms with E-state index in [1.54, 1.807) is 29.2 Å². The van der Waals surface area contributed by atoms with Crippen LogP contribution in [-0.2, 0) is 9.59 Å². The van der Waals surface area contributed by atoms with Gasteiger partial charge in [-0.1, -0.05) is 24.8 Å². The van der Waals surface area contributed by atoms with Crippen LogP contribution in [0.5, 0.6) is 5.75 Å². The lowest BCUT2D eigenvalue weighted by Crippen LogP contribution is -2.48. The summed E-state index contributed by atoms with van der Waals surface area (Å²) < 4.78 is 33.3. The van der Waals surface area contributed by atoms with Gasteiger partial charge in [0.25, 0.3) is 6.43 Å². The second-order valence-electron chi connectivity index (χ2n) is 6.52. The molecule has 0 N–H and O–H groups in total. The number of rotatable bonds is 3. The smallest absolute Gasteiger partial charge is 0.262 e. The largest absolute Gasteiger partial charge is 0.491 e. The van der Waals surface area contributed by atoms with Gasteiger partial charge in [0.2, 0.25) is 11.8 Å². The van der Waals surface area contributed by atoms with E-state index < -0.39 is 18.4 Å². The van der Waals surface area contributed by atoms with Crippen molar-refractivity contribution in [3.05, 3.63) is 42.5 Å². The molecule has 7 heteroatoms. The lowest BCUT2D eigenvalue weighted by Gasteiger charge is -2.36. The van der Waals surface area contributed by atoms with Crippen molar-refractivity contribution in [3.8, 4) is 5.75 Å². The topological polar surface area (TPSA) is 49.9 Å². The van der Waals surface area contributed by atoms with Gasteiger partial charge in [-0.15, -0.1) is 0 Å². The summed E-state index contributed by atoms with van der Waals surface area (Å²) in [7, 11) is 0. The molecule has 2 aliphatic heterocycles. The highest BCUT2D eigenvalue weighted by Crippen LogP contribution is 2.37. The molecule has 2 heterocycles. The summed E-state index contributed by atoms with van der Waals surface area (Å²) in [6.07, 6.45) is -0.271. The van der Waals surface area contributed by atoms with Crippen LogP contribution in [-0.4, -0.2) is 54.3 Å². The first-order valence-electron chi connectivity index (χ1n) is 8.74. The number of carbonyl (C=O) groups is 2. The molecule has 0 spiro atoms. The number of alkyl halides is 2. The molecule has 2 amide bonds. The molecule has 1 aromatic carbocycles. The predicted octanol–water partition coefficient (Wildman–Crippen LogP) is 2.64. The molecule has 1 fully saturated rings. The van der Waals surface area contributed by atoms with Crippen molar-refractivity contribution in [2.75, 3.05) is 26.2 Å². The van der Waals surface area contributed by atoms with Gasteiger partial charge in [0, 0.05) is 18.7 Å². The quantitative estimate of drug-likeness (QED) is 0.775. The lowest BCUT2D eigenvalue weighted by atomic mass is 9.94. The molecule has 1 saturated heterocycles. The van der Waals surface area contributed by atoms with E-state index in [1.807, 2.05) is 0 Å². The Morgan fingerprint density at radius 1 is 1.27 bits per heavy atom. The molecule has 26 heavy (non-hydrogen) atoms. The first-order chi connectivity index (χ1) is 12.5. The van der Waals surface area contributed by atoms with Crippen LogP contribution in [0.2, 0.25) is 0 Å². The lowest BCUT2D eigenvalue weighted by molar-refractivity contribution is -0.145. The summed E-state index contributed by atoms with van der Waals surface area (Å²) >= 11 is 0. The Bertz CT molecular complexity index is 695. The summed E-state index contributed by atoms with van der Waals surface area (Å²) in [4.78, 5) is 27.7. The average Bonchev–Trinajstić information content (AvgIpc) is 2.86. The number of hydrogen-bond donors (Lipinski definition) is 0. The Morgan fingerprint density at radius 3 is 2.77 bits per heavy atom. The number of ether oxygens (including phenoxy) is 1. The van der Waals surface area contributed by atoms with Gasteiger partial charge in [-0.3, -0.25) is 9.59 Å². The van der Waals surface area contributed by atoms with Gasteiger partial charge in [-0.25, -0.2) is 8.78 Å². The summed E-state index contributed by atoms with van der Waals surface area (Å²) in [6.45, 7) is 4.51. The Kier molecular flexibility index (Phi) is 5.54. The molecule has 5 nitrogen and oxygen atoms in total. The molecular weight excluding hydrogens is 342 g/mol. The number of fused-ring (bicyclic) bond motifs is 1.